The van der Waals surface area contributed by atoms with Crippen molar-refractivity contribution in [1.82, 2.24) is 4.72 Å². The fraction of sp³-hybridized carbons (Fsp3) is 0.667. The summed E-state index contributed by atoms with van der Waals surface area (Å²) in [5.74, 6) is 0.764. The number of rotatable bonds is 6. The molecule has 8 heteroatoms. The van der Waals surface area contributed by atoms with Crippen LogP contribution in [0.25, 0.3) is 0 Å². The number of nitrogens with one attached hydrogen (secondary N) is 1. The molecule has 0 aromatic carbocycles. The van der Waals surface area contributed by atoms with E-state index in [4.69, 9.17) is 19.6 Å². The number of hydrogen-bond acceptors (Lipinski definition) is 6. The van der Waals surface area contributed by atoms with Crippen LogP contribution in [0, 0.1) is 6.92 Å². The van der Waals surface area contributed by atoms with Gasteiger partial charge in [-0.25, -0.2) is 13.1 Å². The van der Waals surface area contributed by atoms with Crippen molar-refractivity contribution in [2.24, 2.45) is 5.73 Å². The molecule has 0 bridgehead atoms. The Morgan fingerprint density at radius 1 is 1.55 bits per heavy atom. The van der Waals surface area contributed by atoms with Gasteiger partial charge in [-0.1, -0.05) is 0 Å². The molecular formula is C12H20N2O5S. The van der Waals surface area contributed by atoms with E-state index in [1.165, 1.54) is 6.07 Å². The van der Waals surface area contributed by atoms with Crippen molar-refractivity contribution in [2.75, 3.05) is 26.9 Å². The maximum atomic E-state index is 12.3. The molecule has 1 aliphatic heterocycles. The number of sulfonamides is 1. The van der Waals surface area contributed by atoms with Crippen LogP contribution in [0.5, 0.6) is 0 Å². The Balaban J connectivity index is 2.12. The van der Waals surface area contributed by atoms with Crippen LogP contribution in [0.15, 0.2) is 15.4 Å². The number of furan rings is 1. The lowest BCUT2D eigenvalue weighted by atomic mass is 10.0. The van der Waals surface area contributed by atoms with E-state index in [0.717, 1.165) is 0 Å². The second kappa shape index (κ2) is 5.82. The fourth-order valence-electron chi connectivity index (χ4n) is 2.16. The van der Waals surface area contributed by atoms with Gasteiger partial charge in [-0.15, -0.1) is 0 Å². The highest BCUT2D eigenvalue weighted by Gasteiger charge is 2.36. The Bertz CT molecular complexity index is 560. The molecule has 1 aromatic rings. The van der Waals surface area contributed by atoms with E-state index in [-0.39, 0.29) is 18.0 Å². The van der Waals surface area contributed by atoms with Crippen LogP contribution in [0.1, 0.15) is 17.9 Å². The van der Waals surface area contributed by atoms with Crippen LogP contribution in [-0.4, -0.2) is 40.9 Å². The zero-order valence-electron chi connectivity index (χ0n) is 11.6. The average Bonchev–Trinajstić information content (AvgIpc) is 3.04. The largest absolute Gasteiger partial charge is 0.464 e. The first kappa shape index (κ1) is 15.5. The highest BCUT2D eigenvalue weighted by atomic mass is 32.2. The summed E-state index contributed by atoms with van der Waals surface area (Å²) in [6.45, 7) is 2.86. The minimum absolute atomic E-state index is 0.114. The van der Waals surface area contributed by atoms with E-state index < -0.39 is 15.6 Å². The van der Waals surface area contributed by atoms with Gasteiger partial charge in [0.2, 0.25) is 10.0 Å². The number of methoxy groups -OCH3 is 1. The van der Waals surface area contributed by atoms with Crippen molar-refractivity contribution in [3.8, 4) is 0 Å². The Kier molecular flexibility index (Phi) is 4.50. The van der Waals surface area contributed by atoms with Crippen LogP contribution in [0.4, 0.5) is 0 Å². The molecule has 1 unspecified atom stereocenters. The molecule has 7 nitrogen and oxygen atoms in total. The summed E-state index contributed by atoms with van der Waals surface area (Å²) in [6.07, 6.45) is 0.657. The molecule has 114 valence electrons. The maximum absolute atomic E-state index is 12.3. The van der Waals surface area contributed by atoms with E-state index in [2.05, 4.69) is 4.72 Å². The summed E-state index contributed by atoms with van der Waals surface area (Å²) in [4.78, 5) is 0.114. The van der Waals surface area contributed by atoms with E-state index in [1.54, 1.807) is 14.0 Å². The molecule has 2 heterocycles. The van der Waals surface area contributed by atoms with Gasteiger partial charge >= 0.3 is 0 Å². The van der Waals surface area contributed by atoms with E-state index in [1.807, 2.05) is 0 Å². The number of ether oxygens (including phenoxy) is 2. The molecule has 1 fully saturated rings. The summed E-state index contributed by atoms with van der Waals surface area (Å²) in [5.41, 5.74) is 4.85. The van der Waals surface area contributed by atoms with Gasteiger partial charge in [-0.2, -0.15) is 0 Å². The van der Waals surface area contributed by atoms with E-state index >= 15 is 0 Å². The van der Waals surface area contributed by atoms with Crippen LogP contribution in [-0.2, 0) is 26.0 Å². The monoisotopic (exact) mass is 304 g/mol. The molecule has 1 saturated heterocycles. The SMILES string of the molecule is COC1(CNS(=O)(=O)c2cc(CN)oc2C)CCOC1. The van der Waals surface area contributed by atoms with Gasteiger partial charge in [0, 0.05) is 32.7 Å². The molecule has 0 amide bonds. The Morgan fingerprint density at radius 2 is 2.30 bits per heavy atom. The van der Waals surface area contributed by atoms with Crippen molar-refractivity contribution >= 4 is 10.0 Å². The molecule has 3 N–H and O–H groups in total. The second-order valence-electron chi connectivity index (χ2n) is 4.85. The minimum atomic E-state index is -3.65. The van der Waals surface area contributed by atoms with E-state index in [9.17, 15) is 8.42 Å². The zero-order chi connectivity index (χ0) is 14.8. The lowest BCUT2D eigenvalue weighted by molar-refractivity contribution is -0.0120. The third kappa shape index (κ3) is 3.04. The van der Waals surface area contributed by atoms with Gasteiger partial charge in [0.05, 0.1) is 13.2 Å². The fourth-order valence-corrected chi connectivity index (χ4v) is 3.47. The summed E-state index contributed by atoms with van der Waals surface area (Å²) in [6, 6.07) is 1.45. The third-order valence-electron chi connectivity index (χ3n) is 3.50. The normalized spacial score (nSPS) is 23.4. The topological polar surface area (TPSA) is 104 Å². The summed E-state index contributed by atoms with van der Waals surface area (Å²) < 4.78 is 43.1. The first-order valence-electron chi connectivity index (χ1n) is 6.34. The Morgan fingerprint density at radius 3 is 2.80 bits per heavy atom. The minimum Gasteiger partial charge on any atom is -0.464 e. The second-order valence-corrected chi connectivity index (χ2v) is 6.59. The van der Waals surface area contributed by atoms with Crippen LogP contribution < -0.4 is 10.5 Å². The maximum Gasteiger partial charge on any atom is 0.244 e. The highest BCUT2D eigenvalue weighted by molar-refractivity contribution is 7.89. The number of nitrogens with two attached hydrogens (primary N) is 1. The van der Waals surface area contributed by atoms with Crippen molar-refractivity contribution in [3.05, 3.63) is 17.6 Å². The third-order valence-corrected chi connectivity index (χ3v) is 5.01. The molecule has 20 heavy (non-hydrogen) atoms. The standard InChI is InChI=1S/C12H20N2O5S/c1-9-11(5-10(6-13)19-9)20(15,16)14-7-12(17-2)3-4-18-8-12/h5,14H,3-4,6-8,13H2,1-2H3. The van der Waals surface area contributed by atoms with Gasteiger partial charge in [0.25, 0.3) is 0 Å². The molecule has 2 rings (SSSR count). The first-order valence-corrected chi connectivity index (χ1v) is 7.83. The molecule has 1 atom stereocenters. The van der Waals surface area contributed by atoms with Crippen molar-refractivity contribution < 1.29 is 22.3 Å². The molecule has 1 aromatic heterocycles. The average molecular weight is 304 g/mol. The first-order chi connectivity index (χ1) is 9.42. The van der Waals surface area contributed by atoms with Crippen molar-refractivity contribution in [1.29, 1.82) is 0 Å². The highest BCUT2D eigenvalue weighted by Crippen LogP contribution is 2.24. The summed E-state index contributed by atoms with van der Waals surface area (Å²) >= 11 is 0. The smallest absolute Gasteiger partial charge is 0.244 e. The quantitative estimate of drug-likeness (QED) is 0.774. The molecular weight excluding hydrogens is 284 g/mol. The Hall–Kier alpha value is -0.930. The van der Waals surface area contributed by atoms with Crippen molar-refractivity contribution in [2.45, 2.75) is 30.4 Å². The number of hydrogen-bond donors (Lipinski definition) is 2. The number of aryl methyl sites for hydroxylation is 1. The summed E-state index contributed by atoms with van der Waals surface area (Å²) in [7, 11) is -2.10. The van der Waals surface area contributed by atoms with E-state index in [0.29, 0.717) is 31.2 Å². The van der Waals surface area contributed by atoms with Gasteiger partial charge in [-0.05, 0) is 6.92 Å². The predicted molar refractivity (Wildman–Crippen MR) is 71.7 cm³/mol. The summed E-state index contributed by atoms with van der Waals surface area (Å²) in [5, 5.41) is 0. The molecule has 0 radical (unpaired) electrons. The van der Waals surface area contributed by atoms with Crippen molar-refractivity contribution in [3.63, 3.8) is 0 Å². The molecule has 1 aliphatic rings. The van der Waals surface area contributed by atoms with Crippen LogP contribution in [0.3, 0.4) is 0 Å². The predicted octanol–water partition coefficient (Wildman–Crippen LogP) is 0.131. The Labute approximate surface area is 118 Å². The van der Waals surface area contributed by atoms with Gasteiger partial charge in [0.1, 0.15) is 22.0 Å². The van der Waals surface area contributed by atoms with Gasteiger partial charge in [0.15, 0.2) is 0 Å². The van der Waals surface area contributed by atoms with Gasteiger partial charge < -0.3 is 19.6 Å². The molecule has 0 saturated carbocycles. The lowest BCUT2D eigenvalue weighted by Gasteiger charge is -2.25. The van der Waals surface area contributed by atoms with Crippen LogP contribution in [0.2, 0.25) is 0 Å². The van der Waals surface area contributed by atoms with Gasteiger partial charge in [-0.3, -0.25) is 0 Å². The molecule has 0 spiro atoms. The zero-order valence-corrected chi connectivity index (χ0v) is 12.5. The molecule has 0 aliphatic carbocycles. The lowest BCUT2D eigenvalue weighted by Crippen LogP contribution is -2.44. The van der Waals surface area contributed by atoms with Crippen LogP contribution >= 0.6 is 0 Å².